The Hall–Kier alpha value is -1.13. The first-order chi connectivity index (χ1) is 9.98. The number of aryl methyl sites for hydroxylation is 1. The van der Waals surface area contributed by atoms with Crippen molar-refractivity contribution in [3.8, 4) is 0 Å². The second-order valence-electron chi connectivity index (χ2n) is 6.38. The van der Waals surface area contributed by atoms with Gasteiger partial charge >= 0.3 is 0 Å². The minimum absolute atomic E-state index is 0.410. The molecule has 1 aliphatic heterocycles. The van der Waals surface area contributed by atoms with Gasteiger partial charge in [0.2, 0.25) is 10.0 Å². The molecule has 0 radical (unpaired) electrons. The number of rotatable bonds is 2. The Morgan fingerprint density at radius 3 is 2.52 bits per heavy atom. The van der Waals surface area contributed by atoms with Gasteiger partial charge in [-0.2, -0.15) is 4.31 Å². The molecular formula is C17H23NO2S. The summed E-state index contributed by atoms with van der Waals surface area (Å²) in [4.78, 5) is 0.422. The van der Waals surface area contributed by atoms with Crippen molar-refractivity contribution in [2.24, 2.45) is 11.8 Å². The van der Waals surface area contributed by atoms with Gasteiger partial charge in [0.1, 0.15) is 0 Å². The highest BCUT2D eigenvalue weighted by Gasteiger charge is 2.40. The highest BCUT2D eigenvalue weighted by atomic mass is 32.2. The molecule has 2 aliphatic rings. The predicted octanol–water partition coefficient (Wildman–Crippen LogP) is 3.36. The lowest BCUT2D eigenvalue weighted by Gasteiger charge is -2.17. The third-order valence-electron chi connectivity index (χ3n) is 4.90. The van der Waals surface area contributed by atoms with Crippen molar-refractivity contribution >= 4 is 10.0 Å². The first-order valence-electron chi connectivity index (χ1n) is 7.72. The number of benzene rings is 1. The van der Waals surface area contributed by atoms with E-state index in [1.54, 1.807) is 16.4 Å². The van der Waals surface area contributed by atoms with E-state index in [-0.39, 0.29) is 0 Å². The molecule has 2 unspecified atom stereocenters. The quantitative estimate of drug-likeness (QED) is 0.786. The van der Waals surface area contributed by atoms with Crippen LogP contribution in [0.4, 0.5) is 0 Å². The van der Waals surface area contributed by atoms with Gasteiger partial charge in [-0.3, -0.25) is 0 Å². The third kappa shape index (κ3) is 2.79. The monoisotopic (exact) mass is 305 g/mol. The van der Waals surface area contributed by atoms with E-state index in [4.69, 9.17) is 0 Å². The van der Waals surface area contributed by atoms with Crippen molar-refractivity contribution < 1.29 is 8.42 Å². The Bertz CT molecular complexity index is 646. The summed E-state index contributed by atoms with van der Waals surface area (Å²) in [5.41, 5.74) is 2.46. The third-order valence-corrected chi connectivity index (χ3v) is 6.74. The highest BCUT2D eigenvalue weighted by molar-refractivity contribution is 7.89. The topological polar surface area (TPSA) is 37.4 Å². The van der Waals surface area contributed by atoms with Crippen molar-refractivity contribution in [3.05, 3.63) is 41.5 Å². The minimum atomic E-state index is -3.34. The first-order valence-corrected chi connectivity index (χ1v) is 9.16. The molecule has 0 N–H and O–H groups in total. The normalized spacial score (nSPS) is 27.0. The van der Waals surface area contributed by atoms with Crippen LogP contribution in [0.15, 0.2) is 40.8 Å². The van der Waals surface area contributed by atoms with E-state index in [2.05, 4.69) is 13.0 Å². The fourth-order valence-corrected chi connectivity index (χ4v) is 5.08. The Labute approximate surface area is 127 Å². The van der Waals surface area contributed by atoms with Gasteiger partial charge in [-0.05, 0) is 57.1 Å². The zero-order valence-corrected chi connectivity index (χ0v) is 13.6. The van der Waals surface area contributed by atoms with Gasteiger partial charge in [0.25, 0.3) is 0 Å². The van der Waals surface area contributed by atoms with E-state index < -0.39 is 10.0 Å². The van der Waals surface area contributed by atoms with Gasteiger partial charge in [-0.15, -0.1) is 0 Å². The van der Waals surface area contributed by atoms with Gasteiger partial charge in [0, 0.05) is 13.1 Å². The molecular weight excluding hydrogens is 282 g/mol. The highest BCUT2D eigenvalue weighted by Crippen LogP contribution is 2.37. The van der Waals surface area contributed by atoms with E-state index in [0.29, 0.717) is 29.8 Å². The molecule has 21 heavy (non-hydrogen) atoms. The molecule has 2 atom stereocenters. The number of fused-ring (bicyclic) bond motifs is 1. The lowest BCUT2D eigenvalue weighted by Crippen LogP contribution is -2.29. The van der Waals surface area contributed by atoms with Crippen LogP contribution in [0.3, 0.4) is 0 Å². The molecule has 0 spiro atoms. The predicted molar refractivity (Wildman–Crippen MR) is 84.5 cm³/mol. The maximum absolute atomic E-state index is 12.8. The Balaban J connectivity index is 1.86. The summed E-state index contributed by atoms with van der Waals surface area (Å²) in [6.45, 7) is 5.44. The Kier molecular flexibility index (Phi) is 3.93. The molecule has 1 saturated heterocycles. The standard InChI is InChI=1S/C17H23NO2S/c1-13-7-9-16(10-8-13)21(19,20)18-11-15-6-4-3-5-14(2)17(15)12-18/h5,7-10,15,17H,3-4,6,11-12H2,1-2H3. The zero-order valence-electron chi connectivity index (χ0n) is 12.7. The molecule has 3 rings (SSSR count). The van der Waals surface area contributed by atoms with Crippen molar-refractivity contribution in [2.45, 2.75) is 38.0 Å². The van der Waals surface area contributed by atoms with Gasteiger partial charge in [-0.1, -0.05) is 29.3 Å². The minimum Gasteiger partial charge on any atom is -0.207 e. The SMILES string of the molecule is CC1=CCCCC2CN(S(=O)(=O)c3ccc(C)cc3)CC12. The maximum Gasteiger partial charge on any atom is 0.243 e. The summed E-state index contributed by atoms with van der Waals surface area (Å²) in [5, 5.41) is 0. The van der Waals surface area contributed by atoms with Crippen molar-refractivity contribution in [1.29, 1.82) is 0 Å². The second-order valence-corrected chi connectivity index (χ2v) is 8.32. The lowest BCUT2D eigenvalue weighted by molar-refractivity contribution is 0.429. The van der Waals surface area contributed by atoms with Crippen LogP contribution in [0.2, 0.25) is 0 Å². The van der Waals surface area contributed by atoms with E-state index in [9.17, 15) is 8.42 Å². The van der Waals surface area contributed by atoms with Crippen LogP contribution in [0.5, 0.6) is 0 Å². The molecule has 0 saturated carbocycles. The number of nitrogens with zero attached hydrogens (tertiary/aromatic N) is 1. The van der Waals surface area contributed by atoms with Crippen LogP contribution in [0.25, 0.3) is 0 Å². The Morgan fingerprint density at radius 1 is 1.10 bits per heavy atom. The van der Waals surface area contributed by atoms with Gasteiger partial charge in [0.05, 0.1) is 4.90 Å². The molecule has 0 aromatic heterocycles. The summed E-state index contributed by atoms with van der Waals surface area (Å²) in [6.07, 6.45) is 5.76. The van der Waals surface area contributed by atoms with Gasteiger partial charge in [0.15, 0.2) is 0 Å². The van der Waals surface area contributed by atoms with Crippen LogP contribution in [-0.2, 0) is 10.0 Å². The molecule has 1 aliphatic carbocycles. The Morgan fingerprint density at radius 2 is 1.81 bits per heavy atom. The van der Waals surface area contributed by atoms with Crippen LogP contribution < -0.4 is 0 Å². The summed E-state index contributed by atoms with van der Waals surface area (Å²) < 4.78 is 27.3. The molecule has 1 fully saturated rings. The summed E-state index contributed by atoms with van der Waals surface area (Å²) >= 11 is 0. The zero-order chi connectivity index (χ0) is 15.0. The molecule has 1 heterocycles. The summed E-state index contributed by atoms with van der Waals surface area (Å²) in [7, 11) is -3.34. The molecule has 114 valence electrons. The number of hydrogen-bond acceptors (Lipinski definition) is 2. The van der Waals surface area contributed by atoms with E-state index in [0.717, 1.165) is 18.4 Å². The van der Waals surface area contributed by atoms with E-state index in [1.165, 1.54) is 12.0 Å². The lowest BCUT2D eigenvalue weighted by atomic mass is 9.89. The molecule has 3 nitrogen and oxygen atoms in total. The first kappa shape index (κ1) is 14.8. The molecule has 1 aromatic rings. The fraction of sp³-hybridized carbons (Fsp3) is 0.529. The number of hydrogen-bond donors (Lipinski definition) is 0. The van der Waals surface area contributed by atoms with E-state index in [1.807, 2.05) is 19.1 Å². The second kappa shape index (κ2) is 5.58. The average Bonchev–Trinajstić information content (AvgIpc) is 2.82. The maximum atomic E-state index is 12.8. The average molecular weight is 305 g/mol. The molecule has 4 heteroatoms. The van der Waals surface area contributed by atoms with Crippen LogP contribution in [0, 0.1) is 18.8 Å². The number of sulfonamides is 1. The van der Waals surface area contributed by atoms with E-state index >= 15 is 0 Å². The van der Waals surface area contributed by atoms with Crippen molar-refractivity contribution in [1.82, 2.24) is 4.31 Å². The van der Waals surface area contributed by atoms with Gasteiger partial charge in [-0.25, -0.2) is 8.42 Å². The fourth-order valence-electron chi connectivity index (χ4n) is 3.56. The molecule has 0 bridgehead atoms. The van der Waals surface area contributed by atoms with Gasteiger partial charge < -0.3 is 0 Å². The van der Waals surface area contributed by atoms with Crippen LogP contribution >= 0.6 is 0 Å². The van der Waals surface area contributed by atoms with Crippen LogP contribution in [-0.4, -0.2) is 25.8 Å². The number of allylic oxidation sites excluding steroid dienone is 1. The summed E-state index contributed by atoms with van der Waals surface area (Å²) in [6, 6.07) is 7.18. The largest absolute Gasteiger partial charge is 0.243 e. The summed E-state index contributed by atoms with van der Waals surface area (Å²) in [5.74, 6) is 0.900. The van der Waals surface area contributed by atoms with Crippen LogP contribution in [0.1, 0.15) is 31.7 Å². The molecule has 0 amide bonds. The van der Waals surface area contributed by atoms with Crippen molar-refractivity contribution in [3.63, 3.8) is 0 Å². The van der Waals surface area contributed by atoms with Crippen molar-refractivity contribution in [2.75, 3.05) is 13.1 Å². The smallest absolute Gasteiger partial charge is 0.207 e. The molecule has 1 aromatic carbocycles.